The molecule has 0 N–H and O–H groups in total. The summed E-state index contributed by atoms with van der Waals surface area (Å²) in [5.74, 6) is 0.929. The van der Waals surface area contributed by atoms with Crippen LogP contribution in [0.3, 0.4) is 0 Å². The molecule has 5 nitrogen and oxygen atoms in total. The Labute approximate surface area is 174 Å². The van der Waals surface area contributed by atoms with Gasteiger partial charge in [-0.1, -0.05) is 54.6 Å². The first-order valence-electron chi connectivity index (χ1n) is 9.90. The van der Waals surface area contributed by atoms with Crippen molar-refractivity contribution in [2.45, 2.75) is 19.6 Å². The number of hydrogen-bond donors (Lipinski definition) is 0. The molecule has 0 aliphatic heterocycles. The minimum atomic E-state index is 0.0955. The summed E-state index contributed by atoms with van der Waals surface area (Å²) < 4.78 is 10.9. The Hall–Kier alpha value is -2.63. The Balaban J connectivity index is 1.79. The van der Waals surface area contributed by atoms with Gasteiger partial charge in [-0.25, -0.2) is 0 Å². The summed E-state index contributed by atoms with van der Waals surface area (Å²) in [4.78, 5) is 15.9. The lowest BCUT2D eigenvalue weighted by molar-refractivity contribution is -0.129. The molecule has 5 heteroatoms. The Morgan fingerprint density at radius 2 is 1.69 bits per heavy atom. The fraction of sp³-hybridized carbons (Fsp3) is 0.375. The number of likely N-dealkylation sites (N-methyl/N-ethyl adjacent to an activating group) is 1. The van der Waals surface area contributed by atoms with Crippen molar-refractivity contribution < 1.29 is 14.3 Å². The Kier molecular flexibility index (Phi) is 9.96. The van der Waals surface area contributed by atoms with Gasteiger partial charge in [-0.15, -0.1) is 0 Å². The van der Waals surface area contributed by atoms with Gasteiger partial charge in [0.05, 0.1) is 26.9 Å². The van der Waals surface area contributed by atoms with Crippen LogP contribution in [-0.2, 0) is 22.7 Å². The van der Waals surface area contributed by atoms with Gasteiger partial charge in [0.1, 0.15) is 5.75 Å². The molecule has 0 bridgehead atoms. The van der Waals surface area contributed by atoms with Crippen molar-refractivity contribution >= 4 is 5.91 Å². The summed E-state index contributed by atoms with van der Waals surface area (Å²) in [6.07, 6.45) is 5.08. The van der Waals surface area contributed by atoms with Crippen molar-refractivity contribution in [3.63, 3.8) is 0 Å². The van der Waals surface area contributed by atoms with E-state index in [-0.39, 0.29) is 5.91 Å². The van der Waals surface area contributed by atoms with Crippen LogP contribution in [0.2, 0.25) is 0 Å². The van der Waals surface area contributed by atoms with E-state index in [1.54, 1.807) is 26.1 Å². The van der Waals surface area contributed by atoms with Crippen molar-refractivity contribution in [1.29, 1.82) is 0 Å². The van der Waals surface area contributed by atoms with Gasteiger partial charge in [0, 0.05) is 27.2 Å². The number of rotatable bonds is 12. The van der Waals surface area contributed by atoms with E-state index >= 15 is 0 Å². The monoisotopic (exact) mass is 396 g/mol. The van der Waals surface area contributed by atoms with Crippen LogP contribution in [0, 0.1) is 0 Å². The number of benzene rings is 2. The maximum atomic E-state index is 12.2. The van der Waals surface area contributed by atoms with Gasteiger partial charge in [0.2, 0.25) is 5.91 Å². The highest BCUT2D eigenvalue weighted by atomic mass is 16.5. The highest BCUT2D eigenvalue weighted by Crippen LogP contribution is 2.13. The average Bonchev–Trinajstić information content (AvgIpc) is 2.74. The van der Waals surface area contributed by atoms with E-state index in [1.807, 2.05) is 42.5 Å². The average molecular weight is 397 g/mol. The topological polar surface area (TPSA) is 42.0 Å². The van der Waals surface area contributed by atoms with Gasteiger partial charge in [0.25, 0.3) is 0 Å². The van der Waals surface area contributed by atoms with Gasteiger partial charge in [-0.05, 0) is 29.7 Å². The van der Waals surface area contributed by atoms with E-state index in [0.29, 0.717) is 32.8 Å². The van der Waals surface area contributed by atoms with Gasteiger partial charge >= 0.3 is 0 Å². The Bertz CT molecular complexity index is 742. The van der Waals surface area contributed by atoms with Crippen molar-refractivity contribution in [2.24, 2.45) is 0 Å². The molecular weight excluding hydrogens is 364 g/mol. The summed E-state index contributed by atoms with van der Waals surface area (Å²) in [5.41, 5.74) is 2.33. The molecule has 0 fully saturated rings. The van der Waals surface area contributed by atoms with Crippen LogP contribution in [0.4, 0.5) is 0 Å². The first-order chi connectivity index (χ1) is 14.1. The lowest BCUT2D eigenvalue weighted by atomic mass is 10.2. The zero-order valence-electron chi connectivity index (χ0n) is 17.7. The summed E-state index contributed by atoms with van der Waals surface area (Å²) in [6.45, 7) is 3.12. The summed E-state index contributed by atoms with van der Waals surface area (Å²) >= 11 is 0. The zero-order valence-corrected chi connectivity index (χ0v) is 17.7. The predicted molar refractivity (Wildman–Crippen MR) is 117 cm³/mol. The van der Waals surface area contributed by atoms with E-state index in [9.17, 15) is 4.79 Å². The van der Waals surface area contributed by atoms with Crippen LogP contribution < -0.4 is 4.74 Å². The van der Waals surface area contributed by atoms with E-state index < -0.39 is 0 Å². The van der Waals surface area contributed by atoms with Crippen LogP contribution >= 0.6 is 0 Å². The molecule has 0 saturated carbocycles. The Morgan fingerprint density at radius 1 is 0.966 bits per heavy atom. The normalized spacial score (nSPS) is 11.2. The number of amides is 1. The van der Waals surface area contributed by atoms with Crippen molar-refractivity contribution in [3.05, 3.63) is 77.9 Å². The smallest absolute Gasteiger partial charge is 0.236 e. The molecule has 1 amide bonds. The third-order valence-corrected chi connectivity index (χ3v) is 4.49. The molecule has 2 rings (SSSR count). The molecule has 0 unspecified atom stereocenters. The van der Waals surface area contributed by atoms with Crippen molar-refractivity contribution in [2.75, 3.05) is 40.9 Å². The van der Waals surface area contributed by atoms with E-state index in [0.717, 1.165) is 17.7 Å². The van der Waals surface area contributed by atoms with Gasteiger partial charge in [-0.2, -0.15) is 0 Å². The minimum Gasteiger partial charge on any atom is -0.497 e. The third kappa shape index (κ3) is 8.94. The van der Waals surface area contributed by atoms with E-state index in [2.05, 4.69) is 29.2 Å². The van der Waals surface area contributed by atoms with E-state index in [4.69, 9.17) is 9.47 Å². The van der Waals surface area contributed by atoms with Crippen LogP contribution in [0.25, 0.3) is 0 Å². The van der Waals surface area contributed by atoms with Gasteiger partial charge < -0.3 is 14.4 Å². The first-order valence-corrected chi connectivity index (χ1v) is 9.90. The molecule has 0 saturated heterocycles. The minimum absolute atomic E-state index is 0.0955. The summed E-state index contributed by atoms with van der Waals surface area (Å²) in [7, 11) is 5.23. The largest absolute Gasteiger partial charge is 0.497 e. The maximum absolute atomic E-state index is 12.2. The molecule has 29 heavy (non-hydrogen) atoms. The second-order valence-corrected chi connectivity index (χ2v) is 7.10. The molecule has 0 spiro atoms. The van der Waals surface area contributed by atoms with Crippen molar-refractivity contribution in [3.8, 4) is 5.75 Å². The van der Waals surface area contributed by atoms with Crippen molar-refractivity contribution in [1.82, 2.24) is 9.80 Å². The second kappa shape index (κ2) is 12.8. The van der Waals surface area contributed by atoms with Gasteiger partial charge in [0.15, 0.2) is 0 Å². The molecule has 156 valence electrons. The maximum Gasteiger partial charge on any atom is 0.236 e. The number of methoxy groups -OCH3 is 1. The summed E-state index contributed by atoms with van der Waals surface area (Å²) in [5, 5.41) is 0. The lowest BCUT2D eigenvalue weighted by Crippen LogP contribution is -2.36. The fourth-order valence-corrected chi connectivity index (χ4v) is 2.76. The first kappa shape index (κ1) is 22.7. The molecule has 0 aliphatic carbocycles. The fourth-order valence-electron chi connectivity index (χ4n) is 2.76. The Morgan fingerprint density at radius 3 is 2.34 bits per heavy atom. The molecular formula is C24H32N2O3. The number of nitrogens with zero attached hydrogens (tertiary/aromatic N) is 2. The molecule has 0 atom stereocenters. The molecule has 0 aliphatic rings. The van der Waals surface area contributed by atoms with Crippen LogP contribution in [-0.4, -0.2) is 56.6 Å². The SMILES string of the molecule is COc1ccc(CN(C/C=C\CCOCc2ccccc2)CC(=O)N(C)C)cc1. The standard InChI is InChI=1S/C24H32N2O3/c1-25(2)24(27)19-26(18-21-12-14-23(28-3)15-13-21)16-8-5-9-17-29-20-22-10-6-4-7-11-22/h4-8,10-15H,9,16-20H2,1-3H3/b8-5-. The number of hydrogen-bond acceptors (Lipinski definition) is 4. The number of carbonyl (C=O) groups is 1. The second-order valence-electron chi connectivity index (χ2n) is 7.10. The number of carbonyl (C=O) groups excluding carboxylic acids is 1. The quantitative estimate of drug-likeness (QED) is 0.405. The molecule has 2 aromatic carbocycles. The zero-order chi connectivity index (χ0) is 20.9. The molecule has 0 radical (unpaired) electrons. The molecule has 0 aromatic heterocycles. The third-order valence-electron chi connectivity index (χ3n) is 4.49. The van der Waals surface area contributed by atoms with Gasteiger partial charge in [-0.3, -0.25) is 9.69 Å². The summed E-state index contributed by atoms with van der Waals surface area (Å²) in [6, 6.07) is 18.1. The van der Waals surface area contributed by atoms with E-state index in [1.165, 1.54) is 5.56 Å². The van der Waals surface area contributed by atoms with Crippen LogP contribution in [0.1, 0.15) is 17.5 Å². The molecule has 0 heterocycles. The molecule has 2 aromatic rings. The van der Waals surface area contributed by atoms with Crippen LogP contribution in [0.5, 0.6) is 5.75 Å². The number of ether oxygens (including phenoxy) is 2. The highest BCUT2D eigenvalue weighted by molar-refractivity contribution is 5.77. The van der Waals surface area contributed by atoms with Crippen LogP contribution in [0.15, 0.2) is 66.7 Å². The lowest BCUT2D eigenvalue weighted by Gasteiger charge is -2.22. The predicted octanol–water partition coefficient (Wildman–Crippen LogP) is 3.75. The highest BCUT2D eigenvalue weighted by Gasteiger charge is 2.12.